The van der Waals surface area contributed by atoms with Crippen molar-refractivity contribution in [2.24, 2.45) is 0 Å². The zero-order chi connectivity index (χ0) is 10.1. The Labute approximate surface area is 81.4 Å². The summed E-state index contributed by atoms with van der Waals surface area (Å²) >= 11 is 0. The van der Waals surface area contributed by atoms with E-state index < -0.39 is 0 Å². The molecule has 0 spiro atoms. The van der Waals surface area contributed by atoms with Gasteiger partial charge in [-0.05, 0) is 18.2 Å². The largest absolute Gasteiger partial charge is 0.428 e. The minimum atomic E-state index is 0.107. The molecule has 1 aromatic heterocycles. The van der Waals surface area contributed by atoms with Crippen LogP contribution in [0, 0.1) is 11.3 Å². The van der Waals surface area contributed by atoms with Crippen molar-refractivity contribution < 1.29 is 4.42 Å². The molecule has 2 rings (SSSR count). The van der Waals surface area contributed by atoms with Gasteiger partial charge in [-0.3, -0.25) is 0 Å². The van der Waals surface area contributed by atoms with Crippen LogP contribution < -0.4 is 4.90 Å². The van der Waals surface area contributed by atoms with Gasteiger partial charge >= 0.3 is 5.89 Å². The molecule has 0 aliphatic carbocycles. The van der Waals surface area contributed by atoms with Gasteiger partial charge in [0.05, 0.1) is 0 Å². The van der Waals surface area contributed by atoms with E-state index in [1.807, 2.05) is 43.3 Å². The molecular formula is C10H9N3O. The Morgan fingerprint density at radius 1 is 1.43 bits per heavy atom. The van der Waals surface area contributed by atoms with Gasteiger partial charge in [0.2, 0.25) is 0 Å². The van der Waals surface area contributed by atoms with Crippen molar-refractivity contribution >= 4 is 16.8 Å². The second-order valence-corrected chi connectivity index (χ2v) is 3.18. The lowest BCUT2D eigenvalue weighted by atomic mass is 10.3. The molecule has 2 aromatic rings. The number of hydrogen-bond acceptors (Lipinski definition) is 4. The van der Waals surface area contributed by atoms with Crippen LogP contribution in [0.4, 0.5) is 5.69 Å². The molecular weight excluding hydrogens is 178 g/mol. The van der Waals surface area contributed by atoms with Crippen LogP contribution in [0.1, 0.15) is 5.89 Å². The molecule has 0 bridgehead atoms. The number of nitrogens with zero attached hydrogens (tertiary/aromatic N) is 3. The maximum Gasteiger partial charge on any atom is 0.301 e. The van der Waals surface area contributed by atoms with Gasteiger partial charge in [-0.1, -0.05) is 0 Å². The number of benzene rings is 1. The van der Waals surface area contributed by atoms with E-state index in [9.17, 15) is 0 Å². The topological polar surface area (TPSA) is 53.1 Å². The summed E-state index contributed by atoms with van der Waals surface area (Å²) < 4.78 is 5.16. The first-order valence-electron chi connectivity index (χ1n) is 4.19. The first kappa shape index (κ1) is 8.57. The third kappa shape index (κ3) is 1.29. The van der Waals surface area contributed by atoms with E-state index in [1.165, 1.54) is 0 Å². The normalized spacial score (nSPS) is 10.1. The maximum absolute atomic E-state index is 8.60. The third-order valence-electron chi connectivity index (χ3n) is 1.98. The van der Waals surface area contributed by atoms with Crippen molar-refractivity contribution in [1.82, 2.24) is 4.98 Å². The molecule has 0 radical (unpaired) electrons. The van der Waals surface area contributed by atoms with Gasteiger partial charge in [0.15, 0.2) is 11.7 Å². The summed E-state index contributed by atoms with van der Waals surface area (Å²) in [7, 11) is 3.90. The number of nitriles is 1. The fraction of sp³-hybridized carbons (Fsp3) is 0.200. The second kappa shape index (κ2) is 3.04. The molecule has 0 saturated carbocycles. The molecule has 1 aromatic carbocycles. The highest BCUT2D eigenvalue weighted by molar-refractivity contribution is 5.77. The molecule has 4 nitrogen and oxygen atoms in total. The number of rotatable bonds is 1. The second-order valence-electron chi connectivity index (χ2n) is 3.18. The zero-order valence-electron chi connectivity index (χ0n) is 7.98. The van der Waals surface area contributed by atoms with E-state index in [0.29, 0.717) is 11.1 Å². The summed E-state index contributed by atoms with van der Waals surface area (Å²) in [6, 6.07) is 7.51. The van der Waals surface area contributed by atoms with E-state index in [2.05, 4.69) is 4.98 Å². The third-order valence-corrected chi connectivity index (χ3v) is 1.98. The van der Waals surface area contributed by atoms with Crippen LogP contribution in [0.25, 0.3) is 11.1 Å². The molecule has 0 unspecified atom stereocenters. The minimum absolute atomic E-state index is 0.107. The Balaban J connectivity index is 2.61. The summed E-state index contributed by atoms with van der Waals surface area (Å²) in [6.07, 6.45) is 0. The number of anilines is 1. The van der Waals surface area contributed by atoms with Crippen molar-refractivity contribution in [3.8, 4) is 6.07 Å². The molecule has 0 N–H and O–H groups in total. The van der Waals surface area contributed by atoms with Crippen LogP contribution in [0.2, 0.25) is 0 Å². The van der Waals surface area contributed by atoms with E-state index in [4.69, 9.17) is 9.68 Å². The fourth-order valence-electron chi connectivity index (χ4n) is 1.24. The molecule has 0 fully saturated rings. The molecule has 0 aliphatic heterocycles. The van der Waals surface area contributed by atoms with Gasteiger partial charge < -0.3 is 9.32 Å². The van der Waals surface area contributed by atoms with Crippen molar-refractivity contribution in [3.63, 3.8) is 0 Å². The lowest BCUT2D eigenvalue weighted by Crippen LogP contribution is -2.07. The van der Waals surface area contributed by atoms with Crippen molar-refractivity contribution in [2.75, 3.05) is 19.0 Å². The van der Waals surface area contributed by atoms with E-state index in [-0.39, 0.29) is 5.89 Å². The average molecular weight is 187 g/mol. The minimum Gasteiger partial charge on any atom is -0.428 e. The number of aromatic nitrogens is 1. The molecule has 0 aliphatic rings. The van der Waals surface area contributed by atoms with Gasteiger partial charge in [0.25, 0.3) is 0 Å². The van der Waals surface area contributed by atoms with Crippen molar-refractivity contribution in [2.45, 2.75) is 0 Å². The van der Waals surface area contributed by atoms with Gasteiger partial charge in [0, 0.05) is 19.8 Å². The molecule has 1 heterocycles. The lowest BCUT2D eigenvalue weighted by Gasteiger charge is -2.10. The Morgan fingerprint density at radius 3 is 2.86 bits per heavy atom. The number of fused-ring (bicyclic) bond motifs is 1. The van der Waals surface area contributed by atoms with Crippen molar-refractivity contribution in [3.05, 3.63) is 24.1 Å². The predicted octanol–water partition coefficient (Wildman–Crippen LogP) is 1.77. The van der Waals surface area contributed by atoms with Crippen LogP contribution in [0.3, 0.4) is 0 Å². The molecule has 0 amide bonds. The Morgan fingerprint density at radius 2 is 2.21 bits per heavy atom. The van der Waals surface area contributed by atoms with Crippen LogP contribution >= 0.6 is 0 Å². The van der Waals surface area contributed by atoms with E-state index in [0.717, 1.165) is 5.69 Å². The quantitative estimate of drug-likeness (QED) is 0.682. The van der Waals surface area contributed by atoms with Crippen LogP contribution in [0.15, 0.2) is 22.6 Å². The predicted molar refractivity (Wildman–Crippen MR) is 53.1 cm³/mol. The molecule has 70 valence electrons. The molecule has 0 saturated heterocycles. The summed E-state index contributed by atoms with van der Waals surface area (Å²) in [6.45, 7) is 0. The van der Waals surface area contributed by atoms with Crippen LogP contribution in [0.5, 0.6) is 0 Å². The average Bonchev–Trinajstić information content (AvgIpc) is 2.58. The lowest BCUT2D eigenvalue weighted by molar-refractivity contribution is 0.584. The SMILES string of the molecule is CN(C)c1ccc2oc(C#N)nc2c1. The highest BCUT2D eigenvalue weighted by Crippen LogP contribution is 2.20. The fourth-order valence-corrected chi connectivity index (χ4v) is 1.24. The van der Waals surface area contributed by atoms with Crippen molar-refractivity contribution in [1.29, 1.82) is 5.26 Å². The maximum atomic E-state index is 8.60. The van der Waals surface area contributed by atoms with Gasteiger partial charge in [-0.25, -0.2) is 0 Å². The Hall–Kier alpha value is -2.02. The highest BCUT2D eigenvalue weighted by Gasteiger charge is 2.05. The van der Waals surface area contributed by atoms with Crippen LogP contribution in [-0.4, -0.2) is 19.1 Å². The Bertz CT molecular complexity index is 508. The highest BCUT2D eigenvalue weighted by atomic mass is 16.3. The smallest absolute Gasteiger partial charge is 0.301 e. The summed E-state index contributed by atoms with van der Waals surface area (Å²) in [5, 5.41) is 8.60. The van der Waals surface area contributed by atoms with E-state index >= 15 is 0 Å². The molecule has 4 heteroatoms. The monoisotopic (exact) mass is 187 g/mol. The van der Waals surface area contributed by atoms with E-state index in [1.54, 1.807) is 0 Å². The standard InChI is InChI=1S/C10H9N3O/c1-13(2)7-3-4-9-8(5-7)12-10(6-11)14-9/h3-5H,1-2H3. The summed E-state index contributed by atoms with van der Waals surface area (Å²) in [5.41, 5.74) is 2.40. The zero-order valence-corrected chi connectivity index (χ0v) is 7.98. The first-order chi connectivity index (χ1) is 6.70. The van der Waals surface area contributed by atoms with Gasteiger partial charge in [0.1, 0.15) is 5.52 Å². The molecule has 0 atom stereocenters. The van der Waals surface area contributed by atoms with Gasteiger partial charge in [-0.2, -0.15) is 10.2 Å². The summed E-state index contributed by atoms with van der Waals surface area (Å²) in [4.78, 5) is 5.99. The Kier molecular flexibility index (Phi) is 1.86. The summed E-state index contributed by atoms with van der Waals surface area (Å²) in [5.74, 6) is 0.107. The van der Waals surface area contributed by atoms with Crippen LogP contribution in [-0.2, 0) is 0 Å². The van der Waals surface area contributed by atoms with Gasteiger partial charge in [-0.15, -0.1) is 0 Å². The first-order valence-corrected chi connectivity index (χ1v) is 4.19. The number of oxazole rings is 1. The number of hydrogen-bond donors (Lipinski definition) is 0. The molecule has 14 heavy (non-hydrogen) atoms.